The summed E-state index contributed by atoms with van der Waals surface area (Å²) in [6, 6.07) is 30.8. The Morgan fingerprint density at radius 1 is 0.553 bits per heavy atom. The van der Waals surface area contributed by atoms with Gasteiger partial charge in [-0.2, -0.15) is 0 Å². The first-order valence-corrected chi connectivity index (χ1v) is 40.4. The van der Waals surface area contributed by atoms with E-state index in [9.17, 15) is 43.5 Å². The first kappa shape index (κ1) is 110. The predicted molar refractivity (Wildman–Crippen MR) is 452 cm³/mol. The van der Waals surface area contributed by atoms with Gasteiger partial charge in [0.25, 0.3) is 6.47 Å². The number of nitrogens with one attached hydrogen (secondary N) is 2. The molecule has 2 aliphatic carbocycles. The predicted octanol–water partition coefficient (Wildman–Crippen LogP) is 7.70. The van der Waals surface area contributed by atoms with Gasteiger partial charge in [-0.05, 0) is 234 Å². The molecular weight excluding hydrogens is 1830 g/mol. The number of pyridine rings is 2. The molecule has 8 rings (SSSR count). The molecule has 2 aromatic heterocycles. The second-order valence-electron chi connectivity index (χ2n) is 30.4. The van der Waals surface area contributed by atoms with E-state index in [4.69, 9.17) is 63.7 Å². The molecule has 6 aromatic rings. The van der Waals surface area contributed by atoms with Crippen LogP contribution >= 0.6 is 0 Å². The number of rotatable bonds is 43. The first-order valence-electron chi connectivity index (χ1n) is 40.4. The van der Waals surface area contributed by atoms with E-state index in [1.54, 1.807) is 72.1 Å². The summed E-state index contributed by atoms with van der Waals surface area (Å²) >= 11 is 0. The van der Waals surface area contributed by atoms with Crippen molar-refractivity contribution >= 4 is 65.6 Å². The van der Waals surface area contributed by atoms with Crippen LogP contribution in [0, 0.1) is 13.8 Å². The molecule has 658 valence electrons. The van der Waals surface area contributed by atoms with Crippen molar-refractivity contribution < 1.29 is 240 Å². The standard InChI is InChI=1S/C48H66N6O11.C38H47N3O7.CH3N3.CH2O3.2Cs.H/c1-35-18-19-50-44(31-35)54(47(58)65-48(2,3)4)21-8-11-45(56)51-34-39(55)32-38(33-46(57)59-5)36-12-14-37(15-13-36)40-16-17-43(42-10-7-6-9-41(40)42)64-30-29-63-28-27-62-26-25-61-24-23-60-22-20-52-53-49;1-25-18-19-39-34(21-25)41(37(46)48-38(2,3)4)20-8-11-35(44)40-24-29(42)22-28(23-36(45)47-5)26-12-14-27(15-13-26)30-16-17-33(43)32-10-7-6-9-31(30)32;1-3-4-2;2-1-4-3;;;/h12-19,31,38H,6-11,20-30,32-34H2,1-5H3,(H,51,56);12-19,21,28,43H,6-11,20,22-24H2,1-5H3,(H,40,44);1H3;1,3H;;;/q;;;;2*+1;-1/p-1/t38-;28-;;;;;/m00...../s1. The SMILES string of the molecule is CN=[N+]=[N-].COC(=O)C[C@H](CC(=O)CNC(=O)CCCN(C(=O)OC(C)(C)C)c1cc(C)ccn1)c1ccc(-c2ccc(O)c3c2CCCC3)cc1.COC(=O)C[C@H](CC(=O)CNC(=O)CCCN(C(=O)OC(C)(C)C)c1cc(C)ccn1)c1ccc(-c2ccc(OCCOCCOCCOCCOCCN=[N+]=[N-])c3c2CCCC3)cc1.O=CO[O-].[Cs+].[Cs+].[H-]. The van der Waals surface area contributed by atoms with Crippen molar-refractivity contribution in [3.63, 3.8) is 0 Å². The van der Waals surface area contributed by atoms with E-state index in [1.807, 2.05) is 86.6 Å². The number of aryl methyl sites for hydroxylation is 2. The Hall–Kier alpha value is -7.47. The Balaban J connectivity index is 0.000000781. The van der Waals surface area contributed by atoms with E-state index in [0.29, 0.717) is 96.2 Å². The van der Waals surface area contributed by atoms with Gasteiger partial charge in [-0.15, -0.1) is 0 Å². The van der Waals surface area contributed by atoms with Gasteiger partial charge < -0.3 is 69.9 Å². The number of carbonyl (C=O) groups is 9. The van der Waals surface area contributed by atoms with E-state index >= 15 is 0 Å². The fourth-order valence-corrected chi connectivity index (χ4v) is 13.2. The fourth-order valence-electron chi connectivity index (χ4n) is 13.2. The molecule has 123 heavy (non-hydrogen) atoms. The molecule has 2 atom stereocenters. The third kappa shape index (κ3) is 42.6. The Kier molecular flexibility index (Phi) is 54.4. The number of hydrogen-bond acceptors (Lipinski definition) is 25. The smallest absolute Gasteiger partial charge is 1.00 e. The van der Waals surface area contributed by atoms with Gasteiger partial charge in [0, 0.05) is 86.4 Å². The summed E-state index contributed by atoms with van der Waals surface area (Å²) in [6.07, 6.45) is 11.0. The van der Waals surface area contributed by atoms with Crippen LogP contribution in [0.5, 0.6) is 11.5 Å². The number of azide groups is 2. The van der Waals surface area contributed by atoms with Crippen molar-refractivity contribution in [2.75, 3.05) is 123 Å². The number of fused-ring (bicyclic) bond motifs is 2. The summed E-state index contributed by atoms with van der Waals surface area (Å²) in [6.45, 7) is 18.5. The zero-order chi connectivity index (χ0) is 88.5. The number of benzene rings is 4. The summed E-state index contributed by atoms with van der Waals surface area (Å²) in [5.74, 6) is -0.741. The number of carbonyl (C=O) groups excluding carboxylic acids is 9. The van der Waals surface area contributed by atoms with Gasteiger partial charge in [-0.3, -0.25) is 43.4 Å². The summed E-state index contributed by atoms with van der Waals surface area (Å²) in [7, 11) is 4.03. The number of ketones is 2. The molecule has 33 nitrogen and oxygen atoms in total. The van der Waals surface area contributed by atoms with Crippen LogP contribution in [0.15, 0.2) is 120 Å². The monoisotopic (exact) mass is 1940 g/mol. The summed E-state index contributed by atoms with van der Waals surface area (Å²) < 4.78 is 49.2. The number of hydrogen-bond donors (Lipinski definition) is 3. The second-order valence-corrected chi connectivity index (χ2v) is 30.4. The van der Waals surface area contributed by atoms with Gasteiger partial charge in [0.15, 0.2) is 11.6 Å². The summed E-state index contributed by atoms with van der Waals surface area (Å²) in [4.78, 5) is 130. The molecule has 4 aromatic carbocycles. The van der Waals surface area contributed by atoms with Crippen molar-refractivity contribution in [2.24, 2.45) is 10.2 Å². The number of anilines is 2. The van der Waals surface area contributed by atoms with Crippen LogP contribution < -0.4 is 168 Å². The molecule has 0 fully saturated rings. The van der Waals surface area contributed by atoms with Gasteiger partial charge >= 0.3 is 162 Å². The van der Waals surface area contributed by atoms with E-state index < -0.39 is 47.2 Å². The Bertz CT molecular complexity index is 4410. The van der Waals surface area contributed by atoms with Crippen molar-refractivity contribution in [3.05, 3.63) is 175 Å². The molecule has 4 amide bonds. The van der Waals surface area contributed by atoms with Gasteiger partial charge in [0.2, 0.25) is 11.8 Å². The molecule has 0 spiro atoms. The fraction of sp³-hybridized carbons (Fsp3) is 0.511. The van der Waals surface area contributed by atoms with Crippen molar-refractivity contribution in [2.45, 2.75) is 181 Å². The Morgan fingerprint density at radius 3 is 1.32 bits per heavy atom. The van der Waals surface area contributed by atoms with Gasteiger partial charge in [0.1, 0.15) is 40.9 Å². The number of Topliss-reactive ketones (excluding diaryl/α,β-unsaturated/α-hetero) is 2. The molecule has 0 aliphatic heterocycles. The minimum atomic E-state index is -0.712. The Morgan fingerprint density at radius 2 is 0.935 bits per heavy atom. The van der Waals surface area contributed by atoms with Gasteiger partial charge in [0.05, 0.1) is 93.0 Å². The van der Waals surface area contributed by atoms with E-state index in [-0.39, 0.29) is 234 Å². The number of aromatic nitrogens is 2. The molecule has 0 unspecified atom stereocenters. The van der Waals surface area contributed by atoms with Crippen molar-refractivity contribution in [1.82, 2.24) is 20.6 Å². The van der Waals surface area contributed by atoms with Crippen LogP contribution in [0.3, 0.4) is 0 Å². The third-order valence-electron chi connectivity index (χ3n) is 18.9. The topological polar surface area (TPSA) is 443 Å². The third-order valence-corrected chi connectivity index (χ3v) is 18.9. The number of phenolic OH excluding ortho intramolecular Hbond substituents is 1. The largest absolute Gasteiger partial charge is 1.00 e. The summed E-state index contributed by atoms with van der Waals surface area (Å²) in [5.41, 5.74) is 26.6. The van der Waals surface area contributed by atoms with Crippen molar-refractivity contribution in [1.29, 1.82) is 0 Å². The molecule has 35 heteroatoms. The molecule has 2 aliphatic rings. The van der Waals surface area contributed by atoms with E-state index in [0.717, 1.165) is 107 Å². The van der Waals surface area contributed by atoms with Crippen LogP contribution in [0.25, 0.3) is 43.1 Å². The molecule has 0 saturated heterocycles. The normalized spacial score (nSPS) is 12.1. The van der Waals surface area contributed by atoms with Crippen LogP contribution in [-0.2, 0) is 102 Å². The van der Waals surface area contributed by atoms with Crippen LogP contribution in [0.2, 0.25) is 0 Å². The molecule has 2 heterocycles. The van der Waals surface area contributed by atoms with Crippen LogP contribution in [0.1, 0.15) is 176 Å². The molecule has 0 radical (unpaired) electrons. The van der Waals surface area contributed by atoms with Gasteiger partial charge in [-0.25, -0.2) is 19.6 Å². The number of amides is 4. The molecule has 0 saturated carbocycles. The number of nitrogens with zero attached hydrogens (tertiary/aromatic N) is 10. The van der Waals surface area contributed by atoms with Crippen LogP contribution in [0.4, 0.5) is 21.2 Å². The minimum absolute atomic E-state index is 0. The number of aromatic hydroxyl groups is 1. The average molecular weight is 1950 g/mol. The summed E-state index contributed by atoms with van der Waals surface area (Å²) in [5, 5.41) is 30.5. The second kappa shape index (κ2) is 61.0. The Labute approximate surface area is 839 Å². The van der Waals surface area contributed by atoms with E-state index in [2.05, 4.69) is 51.6 Å². The number of ether oxygens (including phenoxy) is 9. The molecule has 3 N–H and O–H groups in total. The van der Waals surface area contributed by atoms with E-state index in [1.165, 1.54) is 47.8 Å². The zero-order valence-corrected chi connectivity index (χ0v) is 86.0. The van der Waals surface area contributed by atoms with Crippen LogP contribution in [-0.4, -0.2) is 194 Å². The first-order chi connectivity index (χ1) is 58.0. The number of phenols is 1. The quantitative estimate of drug-likeness (QED) is 0.00379. The maximum Gasteiger partial charge on any atom is 1.00 e. The zero-order valence-electron chi connectivity index (χ0n) is 74.4. The molecule has 0 bridgehead atoms. The maximum atomic E-state index is 13.2. The number of esters is 2. The molecular formula is C88H118Cs2N12O21. The average Bonchev–Trinajstić information content (AvgIpc) is 0.790. The maximum absolute atomic E-state index is 13.2. The number of methoxy groups -OCH3 is 2. The van der Waals surface area contributed by atoms with Gasteiger partial charge in [-0.1, -0.05) is 70.9 Å². The minimum Gasteiger partial charge on any atom is -1.00 e. The van der Waals surface area contributed by atoms with Crippen molar-refractivity contribution in [3.8, 4) is 33.8 Å².